The summed E-state index contributed by atoms with van der Waals surface area (Å²) in [5.74, 6) is 3.29. The number of hydrogen-bond acceptors (Lipinski definition) is 4. The molecule has 0 aliphatic carbocycles. The number of nitrogens with zero attached hydrogens (tertiary/aromatic N) is 2. The largest absolute Gasteiger partial charge is 0.503 e. The van der Waals surface area contributed by atoms with Crippen molar-refractivity contribution in [3.8, 4) is 67.8 Å². The summed E-state index contributed by atoms with van der Waals surface area (Å²) in [4.78, 5) is 9.28. The average Bonchev–Trinajstić information content (AvgIpc) is 3.22. The van der Waals surface area contributed by atoms with Gasteiger partial charge in [-0.3, -0.25) is 0 Å². The van der Waals surface area contributed by atoms with Gasteiger partial charge in [0.05, 0.1) is 0 Å². The summed E-state index contributed by atoms with van der Waals surface area (Å²) in [7, 11) is 0. The number of ether oxygens (including phenoxy) is 2. The molecule has 6 aromatic carbocycles. The molecule has 4 heterocycles. The Hall–Kier alpha value is -6.07. The van der Waals surface area contributed by atoms with Gasteiger partial charge in [-0.25, -0.2) is 0 Å². The third-order valence-electron chi connectivity index (χ3n) is 10.5. The van der Waals surface area contributed by atoms with Gasteiger partial charge in [-0.1, -0.05) is 115 Å². The van der Waals surface area contributed by atoms with Crippen LogP contribution >= 0.6 is 0 Å². The van der Waals surface area contributed by atoms with Crippen molar-refractivity contribution >= 4 is 23.1 Å². The minimum atomic E-state index is 0. The van der Waals surface area contributed by atoms with Crippen LogP contribution in [-0.4, -0.2) is 16.7 Å². The van der Waals surface area contributed by atoms with Crippen LogP contribution in [0.2, 0.25) is 0 Å². The Balaban J connectivity index is 0.000000179. The van der Waals surface area contributed by atoms with E-state index in [4.69, 9.17) is 14.5 Å². The summed E-state index contributed by atoms with van der Waals surface area (Å²) >= 11 is 0. The van der Waals surface area contributed by atoms with Crippen molar-refractivity contribution in [1.29, 1.82) is 0 Å². The second kappa shape index (κ2) is 15.6. The van der Waals surface area contributed by atoms with Crippen LogP contribution in [0.5, 0.6) is 23.0 Å². The zero-order chi connectivity index (χ0) is 37.5. The second-order valence-electron chi connectivity index (χ2n) is 14.2. The molecule has 10 rings (SSSR count). The average molecular weight is 901 g/mol. The standard InChI is InChI=1S/C31H21BNO2.C19H16N.Ir/c1-19-8-7-9-20(2)29(19)21-16-17-33-25(18-21)22-14-15-28-30-31(22)35-27-13-6-4-11-24(27)32(30)23-10-3-5-12-26(23)34-28;1-14-8-10-17(11-9-14)19-12-18(15(2)13-20-19)16-6-4-3-5-7-16;/h3-13,15-18H,1-2H3;3-10,12-13H,1-2H3;/q2*-1;. The molecule has 8 aromatic rings. The summed E-state index contributed by atoms with van der Waals surface area (Å²) < 4.78 is 12.9. The van der Waals surface area contributed by atoms with Crippen LogP contribution in [-0.2, 0) is 20.1 Å². The molecule has 0 N–H and O–H groups in total. The minimum absolute atomic E-state index is 0. The zero-order valence-electron chi connectivity index (χ0n) is 31.6. The SMILES string of the molecule is Cc1c[c-]c(-c2cc(-c3ccccc3)c(C)cn2)cc1.Cc1cccc(C)c1-c1ccnc(-c2[c-]cc3c4c2Oc2ccccc2B4c2ccccc2O3)c1.[Ir]. The molecule has 273 valence electrons. The van der Waals surface area contributed by atoms with Gasteiger partial charge in [0.2, 0.25) is 6.71 Å². The summed E-state index contributed by atoms with van der Waals surface area (Å²) in [5.41, 5.74) is 16.7. The van der Waals surface area contributed by atoms with Crippen LogP contribution in [0.25, 0.3) is 44.8 Å². The number of rotatable bonds is 4. The van der Waals surface area contributed by atoms with Crippen molar-refractivity contribution in [2.24, 2.45) is 0 Å². The molecule has 0 spiro atoms. The van der Waals surface area contributed by atoms with E-state index in [0.717, 1.165) is 67.5 Å². The normalized spacial score (nSPS) is 11.7. The first kappa shape index (κ1) is 36.9. The van der Waals surface area contributed by atoms with Gasteiger partial charge in [0, 0.05) is 44.0 Å². The van der Waals surface area contributed by atoms with Crippen LogP contribution in [0, 0.1) is 39.8 Å². The summed E-state index contributed by atoms with van der Waals surface area (Å²) in [6.07, 6.45) is 3.81. The molecular weight excluding hydrogens is 864 g/mol. The van der Waals surface area contributed by atoms with Crippen molar-refractivity contribution in [1.82, 2.24) is 9.97 Å². The van der Waals surface area contributed by atoms with Gasteiger partial charge in [0.25, 0.3) is 0 Å². The molecule has 0 fully saturated rings. The molecule has 6 heteroatoms. The van der Waals surface area contributed by atoms with Crippen LogP contribution in [0.3, 0.4) is 0 Å². The molecule has 2 aliphatic heterocycles. The first-order valence-electron chi connectivity index (χ1n) is 18.6. The van der Waals surface area contributed by atoms with Gasteiger partial charge in [0.15, 0.2) is 0 Å². The topological polar surface area (TPSA) is 44.2 Å². The molecular formula is C50H37BIrN2O2-2. The Morgan fingerprint density at radius 2 is 1.25 bits per heavy atom. The number of aromatic nitrogens is 2. The quantitative estimate of drug-likeness (QED) is 0.130. The third-order valence-corrected chi connectivity index (χ3v) is 10.5. The van der Waals surface area contributed by atoms with Crippen LogP contribution in [0.15, 0.2) is 152 Å². The van der Waals surface area contributed by atoms with E-state index in [1.54, 1.807) is 0 Å². The van der Waals surface area contributed by atoms with Crippen LogP contribution in [0.4, 0.5) is 0 Å². The van der Waals surface area contributed by atoms with E-state index >= 15 is 0 Å². The van der Waals surface area contributed by atoms with Gasteiger partial charge in [-0.05, 0) is 100 Å². The molecule has 0 unspecified atom stereocenters. The fraction of sp³-hybridized carbons (Fsp3) is 0.0800. The van der Waals surface area contributed by atoms with Crippen molar-refractivity contribution in [2.45, 2.75) is 27.7 Å². The number of para-hydroxylation sites is 2. The minimum Gasteiger partial charge on any atom is -0.503 e. The molecule has 2 aliphatic rings. The molecule has 0 saturated heterocycles. The molecule has 4 nitrogen and oxygen atoms in total. The molecule has 0 bridgehead atoms. The summed E-state index contributed by atoms with van der Waals surface area (Å²) in [6, 6.07) is 54.5. The maximum Gasteiger partial charge on any atom is 0.239 e. The molecule has 0 atom stereocenters. The fourth-order valence-corrected chi connectivity index (χ4v) is 7.77. The Kier molecular flexibility index (Phi) is 10.3. The van der Waals surface area contributed by atoms with Gasteiger partial charge in [0.1, 0.15) is 11.5 Å². The van der Waals surface area contributed by atoms with Crippen molar-refractivity contribution < 1.29 is 29.6 Å². The van der Waals surface area contributed by atoms with E-state index in [1.807, 2.05) is 54.9 Å². The molecule has 1 radical (unpaired) electrons. The van der Waals surface area contributed by atoms with Gasteiger partial charge in [-0.2, -0.15) is 0 Å². The van der Waals surface area contributed by atoms with E-state index in [9.17, 15) is 0 Å². The molecule has 56 heavy (non-hydrogen) atoms. The van der Waals surface area contributed by atoms with Crippen molar-refractivity contribution in [3.63, 3.8) is 0 Å². The Morgan fingerprint density at radius 1 is 0.554 bits per heavy atom. The number of fused-ring (bicyclic) bond motifs is 4. The van der Waals surface area contributed by atoms with Crippen LogP contribution < -0.4 is 25.9 Å². The summed E-state index contributed by atoms with van der Waals surface area (Å²) in [5, 5.41) is 0. The number of pyridine rings is 2. The number of hydrogen-bond donors (Lipinski definition) is 0. The van der Waals surface area contributed by atoms with E-state index in [2.05, 4.69) is 142 Å². The Morgan fingerprint density at radius 3 is 1.96 bits per heavy atom. The van der Waals surface area contributed by atoms with Gasteiger partial charge < -0.3 is 19.4 Å². The zero-order valence-corrected chi connectivity index (χ0v) is 34.0. The van der Waals surface area contributed by atoms with Crippen molar-refractivity contribution in [3.05, 3.63) is 186 Å². The Labute approximate surface area is 342 Å². The second-order valence-corrected chi connectivity index (χ2v) is 14.2. The molecule has 0 amide bonds. The number of aryl methyl sites for hydroxylation is 4. The van der Waals surface area contributed by atoms with E-state index in [-0.39, 0.29) is 26.8 Å². The van der Waals surface area contributed by atoms with E-state index in [1.165, 1.54) is 38.9 Å². The molecule has 2 aromatic heterocycles. The predicted molar refractivity (Wildman–Crippen MR) is 225 cm³/mol. The predicted octanol–water partition coefficient (Wildman–Crippen LogP) is 10.4. The van der Waals surface area contributed by atoms with Crippen LogP contribution in [0.1, 0.15) is 22.3 Å². The monoisotopic (exact) mass is 901 g/mol. The fourth-order valence-electron chi connectivity index (χ4n) is 7.77. The van der Waals surface area contributed by atoms with Crippen molar-refractivity contribution in [2.75, 3.05) is 0 Å². The first-order chi connectivity index (χ1) is 26.9. The third kappa shape index (κ3) is 6.87. The smallest absolute Gasteiger partial charge is 0.239 e. The Bertz CT molecular complexity index is 2680. The van der Waals surface area contributed by atoms with Gasteiger partial charge in [-0.15, -0.1) is 47.5 Å². The molecule has 0 saturated carbocycles. The number of benzene rings is 6. The van der Waals surface area contributed by atoms with E-state index < -0.39 is 0 Å². The maximum atomic E-state index is 6.57. The van der Waals surface area contributed by atoms with Gasteiger partial charge >= 0.3 is 0 Å². The van der Waals surface area contributed by atoms with E-state index in [0.29, 0.717) is 0 Å². The first-order valence-corrected chi connectivity index (χ1v) is 18.6. The summed E-state index contributed by atoms with van der Waals surface area (Å²) in [6.45, 7) is 8.49. The maximum absolute atomic E-state index is 6.57.